The first-order chi connectivity index (χ1) is 13.5. The SMILES string of the molecule is C=C(S/C(C(=O)NCCC1CCCN1C)=C(/C)N)c1ccc2ccccc2c1. The van der Waals surface area contributed by atoms with Gasteiger partial charge in [0.2, 0.25) is 0 Å². The molecule has 1 aliphatic heterocycles. The van der Waals surface area contributed by atoms with Crippen molar-refractivity contribution >= 4 is 33.3 Å². The minimum absolute atomic E-state index is 0.118. The Morgan fingerprint density at radius 3 is 2.71 bits per heavy atom. The largest absolute Gasteiger partial charge is 0.401 e. The molecule has 0 aliphatic carbocycles. The summed E-state index contributed by atoms with van der Waals surface area (Å²) in [6.45, 7) is 7.75. The molecule has 4 nitrogen and oxygen atoms in total. The number of likely N-dealkylation sites (tertiary alicyclic amines) is 1. The normalized spacial score (nSPS) is 18.1. The van der Waals surface area contributed by atoms with Gasteiger partial charge >= 0.3 is 0 Å². The Morgan fingerprint density at radius 1 is 1.29 bits per heavy atom. The van der Waals surface area contributed by atoms with Gasteiger partial charge in [-0.2, -0.15) is 0 Å². The first kappa shape index (κ1) is 20.5. The zero-order chi connectivity index (χ0) is 20.1. The average Bonchev–Trinajstić information content (AvgIpc) is 3.10. The molecule has 1 aliphatic rings. The van der Waals surface area contributed by atoms with Crippen molar-refractivity contribution in [2.75, 3.05) is 20.1 Å². The summed E-state index contributed by atoms with van der Waals surface area (Å²) in [6, 6.07) is 15.0. The number of carbonyl (C=O) groups excluding carboxylic acids is 1. The van der Waals surface area contributed by atoms with Gasteiger partial charge in [-0.15, -0.1) is 0 Å². The molecule has 0 aromatic heterocycles. The standard InChI is InChI=1S/C23H29N3OS/c1-16(24)22(23(27)25-13-12-21-9-6-14-26(21)3)28-17(2)19-11-10-18-7-4-5-8-20(18)15-19/h4-5,7-8,10-11,15,21H,2,6,9,12-14,24H2,1,3H3,(H,25,27)/b22-16-. The maximum absolute atomic E-state index is 12.7. The van der Waals surface area contributed by atoms with E-state index in [-0.39, 0.29) is 5.91 Å². The van der Waals surface area contributed by atoms with Crippen LogP contribution in [-0.2, 0) is 4.79 Å². The van der Waals surface area contributed by atoms with E-state index in [1.54, 1.807) is 6.92 Å². The summed E-state index contributed by atoms with van der Waals surface area (Å²) in [4.78, 5) is 16.4. The third-order valence-electron chi connectivity index (χ3n) is 5.30. The van der Waals surface area contributed by atoms with E-state index in [0.717, 1.165) is 28.8 Å². The van der Waals surface area contributed by atoms with Crippen LogP contribution in [0.3, 0.4) is 0 Å². The molecule has 2 aromatic carbocycles. The topological polar surface area (TPSA) is 58.4 Å². The van der Waals surface area contributed by atoms with Crippen molar-refractivity contribution in [2.45, 2.75) is 32.2 Å². The number of hydrogen-bond donors (Lipinski definition) is 2. The molecule has 0 radical (unpaired) electrons. The maximum Gasteiger partial charge on any atom is 0.259 e. The summed E-state index contributed by atoms with van der Waals surface area (Å²) in [7, 11) is 2.15. The third-order valence-corrected chi connectivity index (χ3v) is 6.49. The van der Waals surface area contributed by atoms with E-state index in [0.29, 0.717) is 23.2 Å². The molecule has 1 heterocycles. The van der Waals surface area contributed by atoms with Gasteiger partial charge in [-0.3, -0.25) is 4.79 Å². The van der Waals surface area contributed by atoms with E-state index in [4.69, 9.17) is 5.73 Å². The summed E-state index contributed by atoms with van der Waals surface area (Å²) in [5.74, 6) is -0.118. The van der Waals surface area contributed by atoms with Crippen LogP contribution in [0.5, 0.6) is 0 Å². The smallest absolute Gasteiger partial charge is 0.259 e. The van der Waals surface area contributed by atoms with Crippen molar-refractivity contribution in [1.29, 1.82) is 0 Å². The molecule has 0 saturated carbocycles. The fourth-order valence-corrected chi connectivity index (χ4v) is 4.44. The Labute approximate surface area is 171 Å². The molecule has 1 fully saturated rings. The van der Waals surface area contributed by atoms with Crippen molar-refractivity contribution in [3.8, 4) is 0 Å². The van der Waals surface area contributed by atoms with Gasteiger partial charge in [0, 0.05) is 23.2 Å². The number of amides is 1. The molecule has 0 bridgehead atoms. The highest BCUT2D eigenvalue weighted by Gasteiger charge is 2.21. The van der Waals surface area contributed by atoms with Crippen molar-refractivity contribution < 1.29 is 4.79 Å². The number of fused-ring (bicyclic) bond motifs is 1. The molecule has 148 valence electrons. The van der Waals surface area contributed by atoms with E-state index in [1.165, 1.54) is 30.0 Å². The summed E-state index contributed by atoms with van der Waals surface area (Å²) < 4.78 is 0. The Balaban J connectivity index is 1.62. The van der Waals surface area contributed by atoms with Gasteiger partial charge in [-0.05, 0) is 62.2 Å². The quantitative estimate of drug-likeness (QED) is 0.685. The molecule has 28 heavy (non-hydrogen) atoms. The van der Waals surface area contributed by atoms with Crippen LogP contribution in [0.15, 0.2) is 59.6 Å². The Kier molecular flexibility index (Phi) is 6.81. The van der Waals surface area contributed by atoms with Crippen molar-refractivity contribution in [3.63, 3.8) is 0 Å². The van der Waals surface area contributed by atoms with Gasteiger partial charge < -0.3 is 16.0 Å². The van der Waals surface area contributed by atoms with Crippen LogP contribution in [0.4, 0.5) is 0 Å². The predicted octanol–water partition coefficient (Wildman–Crippen LogP) is 4.33. The second kappa shape index (κ2) is 9.30. The molecule has 5 heteroatoms. The van der Waals surface area contributed by atoms with Gasteiger partial charge in [-0.1, -0.05) is 54.7 Å². The molecule has 3 N–H and O–H groups in total. The summed E-state index contributed by atoms with van der Waals surface area (Å²) >= 11 is 1.34. The number of nitrogens with zero attached hydrogens (tertiary/aromatic N) is 1. The number of hydrogen-bond acceptors (Lipinski definition) is 4. The zero-order valence-corrected chi connectivity index (χ0v) is 17.5. The van der Waals surface area contributed by atoms with Crippen LogP contribution < -0.4 is 11.1 Å². The Morgan fingerprint density at radius 2 is 2.04 bits per heavy atom. The molecular weight excluding hydrogens is 366 g/mol. The highest BCUT2D eigenvalue weighted by atomic mass is 32.2. The van der Waals surface area contributed by atoms with Gasteiger partial charge in [0.25, 0.3) is 5.91 Å². The second-order valence-corrected chi connectivity index (χ2v) is 8.53. The monoisotopic (exact) mass is 395 g/mol. The van der Waals surface area contributed by atoms with Crippen LogP contribution in [0, 0.1) is 0 Å². The van der Waals surface area contributed by atoms with Crippen LogP contribution in [0.1, 0.15) is 31.7 Å². The first-order valence-electron chi connectivity index (χ1n) is 9.76. The fourth-order valence-electron chi connectivity index (χ4n) is 3.63. The number of allylic oxidation sites excluding steroid dienone is 1. The van der Waals surface area contributed by atoms with Crippen molar-refractivity contribution in [3.05, 3.63) is 65.2 Å². The third kappa shape index (κ3) is 4.97. The number of benzene rings is 2. The molecule has 1 atom stereocenters. The van der Waals surface area contributed by atoms with Gasteiger partial charge in [0.15, 0.2) is 0 Å². The molecule has 1 saturated heterocycles. The van der Waals surface area contributed by atoms with E-state index < -0.39 is 0 Å². The Hall–Kier alpha value is -2.24. The second-order valence-electron chi connectivity index (χ2n) is 7.42. The lowest BCUT2D eigenvalue weighted by Crippen LogP contribution is -2.32. The predicted molar refractivity (Wildman–Crippen MR) is 121 cm³/mol. The lowest BCUT2D eigenvalue weighted by atomic mass is 10.1. The summed E-state index contributed by atoms with van der Waals surface area (Å²) in [5, 5.41) is 5.37. The number of nitrogens with one attached hydrogen (secondary N) is 1. The zero-order valence-electron chi connectivity index (χ0n) is 16.7. The number of nitrogens with two attached hydrogens (primary N) is 1. The first-order valence-corrected chi connectivity index (χ1v) is 10.6. The molecule has 0 spiro atoms. The van der Waals surface area contributed by atoms with Crippen LogP contribution in [0.2, 0.25) is 0 Å². The van der Waals surface area contributed by atoms with Crippen molar-refractivity contribution in [1.82, 2.24) is 10.2 Å². The number of rotatable bonds is 7. The average molecular weight is 396 g/mol. The molecular formula is C23H29N3OS. The fraction of sp³-hybridized carbons (Fsp3) is 0.348. The van der Waals surface area contributed by atoms with Crippen LogP contribution >= 0.6 is 11.8 Å². The molecule has 1 unspecified atom stereocenters. The lowest BCUT2D eigenvalue weighted by Gasteiger charge is -2.19. The molecule has 2 aromatic rings. The highest BCUT2D eigenvalue weighted by Crippen LogP contribution is 2.34. The van der Waals surface area contributed by atoms with Crippen LogP contribution in [0.25, 0.3) is 15.7 Å². The highest BCUT2D eigenvalue weighted by molar-refractivity contribution is 8.12. The molecule has 1 amide bonds. The minimum Gasteiger partial charge on any atom is -0.401 e. The van der Waals surface area contributed by atoms with Gasteiger partial charge in [0.05, 0.1) is 4.91 Å². The van der Waals surface area contributed by atoms with Crippen LogP contribution in [-0.4, -0.2) is 37.0 Å². The van der Waals surface area contributed by atoms with E-state index in [1.807, 2.05) is 18.2 Å². The lowest BCUT2D eigenvalue weighted by molar-refractivity contribution is -0.116. The number of carbonyl (C=O) groups is 1. The summed E-state index contributed by atoms with van der Waals surface area (Å²) in [6.07, 6.45) is 3.41. The van der Waals surface area contributed by atoms with Gasteiger partial charge in [-0.25, -0.2) is 0 Å². The van der Waals surface area contributed by atoms with E-state index in [9.17, 15) is 4.79 Å². The van der Waals surface area contributed by atoms with Crippen molar-refractivity contribution in [2.24, 2.45) is 5.73 Å². The van der Waals surface area contributed by atoms with Gasteiger partial charge in [0.1, 0.15) is 0 Å². The van der Waals surface area contributed by atoms with E-state index >= 15 is 0 Å². The Bertz CT molecular complexity index is 902. The van der Waals surface area contributed by atoms with E-state index in [2.05, 4.69) is 48.1 Å². The summed E-state index contributed by atoms with van der Waals surface area (Å²) in [5.41, 5.74) is 7.54. The number of thioether (sulfide) groups is 1. The maximum atomic E-state index is 12.7. The molecule has 3 rings (SSSR count). The minimum atomic E-state index is -0.118.